The monoisotopic (exact) mass is 255 g/mol. The number of hydrogen-bond acceptors (Lipinski definition) is 2. The SMILES string of the molecule is CN1CC[C@@H](c2ccccc2)C[C@H]1C(=O)O.Cl. The average molecular weight is 256 g/mol. The molecule has 0 spiro atoms. The summed E-state index contributed by atoms with van der Waals surface area (Å²) in [5.74, 6) is -0.318. The zero-order chi connectivity index (χ0) is 11.5. The lowest BCUT2D eigenvalue weighted by Gasteiger charge is -2.34. The Bertz CT molecular complexity index is 369. The average Bonchev–Trinajstić information content (AvgIpc) is 2.30. The van der Waals surface area contributed by atoms with Crippen LogP contribution in [0.5, 0.6) is 0 Å². The summed E-state index contributed by atoms with van der Waals surface area (Å²) in [5, 5.41) is 9.13. The molecule has 1 aromatic carbocycles. The van der Waals surface area contributed by atoms with E-state index in [0.717, 1.165) is 19.4 Å². The molecule has 4 heteroatoms. The van der Waals surface area contributed by atoms with Gasteiger partial charge in [-0.25, -0.2) is 0 Å². The van der Waals surface area contributed by atoms with E-state index in [1.807, 2.05) is 30.1 Å². The topological polar surface area (TPSA) is 40.5 Å². The van der Waals surface area contributed by atoms with Crippen LogP contribution in [0, 0.1) is 0 Å². The van der Waals surface area contributed by atoms with E-state index in [-0.39, 0.29) is 18.4 Å². The standard InChI is InChI=1S/C13H17NO2.ClH/c1-14-8-7-11(9-12(14)13(15)16)10-5-3-2-4-6-10;/h2-6,11-12H,7-9H2,1H3,(H,15,16);1H/t11-,12+;/m1./s1. The van der Waals surface area contributed by atoms with Gasteiger partial charge in [0.2, 0.25) is 0 Å². The van der Waals surface area contributed by atoms with Crippen molar-refractivity contribution in [1.82, 2.24) is 4.90 Å². The van der Waals surface area contributed by atoms with Crippen molar-refractivity contribution in [3.63, 3.8) is 0 Å². The van der Waals surface area contributed by atoms with E-state index in [4.69, 9.17) is 5.11 Å². The fraction of sp³-hybridized carbons (Fsp3) is 0.462. The molecule has 0 amide bonds. The summed E-state index contributed by atoms with van der Waals surface area (Å²) >= 11 is 0. The fourth-order valence-electron chi connectivity index (χ4n) is 2.40. The second-order valence-electron chi connectivity index (χ2n) is 4.47. The van der Waals surface area contributed by atoms with Gasteiger partial charge in [-0.2, -0.15) is 0 Å². The molecule has 0 aromatic heterocycles. The molecule has 1 aromatic rings. The quantitative estimate of drug-likeness (QED) is 0.882. The first-order chi connectivity index (χ1) is 7.68. The number of carbonyl (C=O) groups is 1. The third-order valence-electron chi connectivity index (χ3n) is 3.43. The molecule has 3 nitrogen and oxygen atoms in total. The number of nitrogens with zero attached hydrogens (tertiary/aromatic N) is 1. The van der Waals surface area contributed by atoms with Crippen LogP contribution in [0.25, 0.3) is 0 Å². The van der Waals surface area contributed by atoms with Gasteiger partial charge in [0.1, 0.15) is 6.04 Å². The van der Waals surface area contributed by atoms with Gasteiger partial charge in [0.15, 0.2) is 0 Å². The minimum atomic E-state index is -0.705. The van der Waals surface area contributed by atoms with Gasteiger partial charge in [0.25, 0.3) is 0 Å². The molecule has 0 saturated carbocycles. The molecule has 17 heavy (non-hydrogen) atoms. The summed E-state index contributed by atoms with van der Waals surface area (Å²) < 4.78 is 0. The molecule has 2 atom stereocenters. The van der Waals surface area contributed by atoms with Crippen LogP contribution in [0.2, 0.25) is 0 Å². The van der Waals surface area contributed by atoms with E-state index in [0.29, 0.717) is 5.92 Å². The molecule has 94 valence electrons. The fourth-order valence-corrected chi connectivity index (χ4v) is 2.40. The Hall–Kier alpha value is -1.06. The highest BCUT2D eigenvalue weighted by Crippen LogP contribution is 2.30. The van der Waals surface area contributed by atoms with Crippen molar-refractivity contribution in [2.45, 2.75) is 24.8 Å². The molecular weight excluding hydrogens is 238 g/mol. The van der Waals surface area contributed by atoms with E-state index in [1.165, 1.54) is 5.56 Å². The zero-order valence-corrected chi connectivity index (χ0v) is 10.7. The van der Waals surface area contributed by atoms with Crippen molar-refractivity contribution >= 4 is 18.4 Å². The van der Waals surface area contributed by atoms with Crippen LogP contribution in [-0.4, -0.2) is 35.6 Å². The van der Waals surface area contributed by atoms with Gasteiger partial charge in [-0.15, -0.1) is 12.4 Å². The maximum atomic E-state index is 11.1. The highest BCUT2D eigenvalue weighted by molar-refractivity contribution is 5.85. The Morgan fingerprint density at radius 1 is 1.35 bits per heavy atom. The number of benzene rings is 1. The molecule has 0 bridgehead atoms. The zero-order valence-electron chi connectivity index (χ0n) is 9.87. The lowest BCUT2D eigenvalue weighted by Crippen LogP contribution is -2.44. The van der Waals surface area contributed by atoms with Crippen molar-refractivity contribution in [2.24, 2.45) is 0 Å². The molecule has 1 heterocycles. The van der Waals surface area contributed by atoms with Crippen molar-refractivity contribution in [3.8, 4) is 0 Å². The van der Waals surface area contributed by atoms with Crippen LogP contribution >= 0.6 is 12.4 Å². The maximum absolute atomic E-state index is 11.1. The minimum Gasteiger partial charge on any atom is -0.480 e. The molecule has 0 unspecified atom stereocenters. The lowest BCUT2D eigenvalue weighted by molar-refractivity contribution is -0.144. The number of likely N-dealkylation sites (tertiary alicyclic amines) is 1. The third-order valence-corrected chi connectivity index (χ3v) is 3.43. The first-order valence-corrected chi connectivity index (χ1v) is 5.66. The summed E-state index contributed by atoms with van der Waals surface area (Å²) in [5.41, 5.74) is 1.27. The Morgan fingerprint density at radius 2 is 2.00 bits per heavy atom. The second kappa shape index (κ2) is 6.03. The van der Waals surface area contributed by atoms with E-state index in [2.05, 4.69) is 12.1 Å². The number of hydrogen-bond donors (Lipinski definition) is 1. The number of carboxylic acids is 1. The summed E-state index contributed by atoms with van der Waals surface area (Å²) in [6.07, 6.45) is 1.76. The van der Waals surface area contributed by atoms with Crippen molar-refractivity contribution in [1.29, 1.82) is 0 Å². The molecule has 1 N–H and O–H groups in total. The Labute approximate surface area is 108 Å². The van der Waals surface area contributed by atoms with E-state index < -0.39 is 5.97 Å². The molecule has 2 rings (SSSR count). The molecule has 1 aliphatic rings. The predicted octanol–water partition coefficient (Wildman–Crippen LogP) is 2.37. The van der Waals surface area contributed by atoms with E-state index in [1.54, 1.807) is 0 Å². The summed E-state index contributed by atoms with van der Waals surface area (Å²) in [6.45, 7) is 0.858. The molecule has 1 saturated heterocycles. The maximum Gasteiger partial charge on any atom is 0.320 e. The Balaban J connectivity index is 0.00000144. The van der Waals surface area contributed by atoms with Gasteiger partial charge < -0.3 is 5.11 Å². The number of likely N-dealkylation sites (N-methyl/N-ethyl adjacent to an activating group) is 1. The second-order valence-corrected chi connectivity index (χ2v) is 4.47. The number of halogens is 1. The number of rotatable bonds is 2. The van der Waals surface area contributed by atoms with E-state index in [9.17, 15) is 4.79 Å². The summed E-state index contributed by atoms with van der Waals surface area (Å²) in [6, 6.07) is 9.88. The van der Waals surface area contributed by atoms with Crippen LogP contribution in [0.4, 0.5) is 0 Å². The summed E-state index contributed by atoms with van der Waals surface area (Å²) in [7, 11) is 1.89. The summed E-state index contributed by atoms with van der Waals surface area (Å²) in [4.78, 5) is 13.0. The van der Waals surface area contributed by atoms with Crippen molar-refractivity contribution in [2.75, 3.05) is 13.6 Å². The Kier molecular flexibility index (Phi) is 4.97. The van der Waals surface area contributed by atoms with Gasteiger partial charge in [-0.3, -0.25) is 9.69 Å². The molecule has 1 aliphatic heterocycles. The first kappa shape index (κ1) is 14.0. The van der Waals surface area contributed by atoms with Crippen molar-refractivity contribution in [3.05, 3.63) is 35.9 Å². The van der Waals surface area contributed by atoms with Gasteiger partial charge in [0.05, 0.1) is 0 Å². The first-order valence-electron chi connectivity index (χ1n) is 5.66. The lowest BCUT2D eigenvalue weighted by atomic mass is 9.85. The van der Waals surface area contributed by atoms with Gasteiger partial charge in [-0.05, 0) is 37.9 Å². The van der Waals surface area contributed by atoms with Gasteiger partial charge in [0, 0.05) is 0 Å². The van der Waals surface area contributed by atoms with Gasteiger partial charge >= 0.3 is 5.97 Å². The van der Waals surface area contributed by atoms with Crippen LogP contribution in [0.15, 0.2) is 30.3 Å². The normalized spacial score (nSPS) is 25.0. The third kappa shape index (κ3) is 3.20. The highest BCUT2D eigenvalue weighted by Gasteiger charge is 2.31. The highest BCUT2D eigenvalue weighted by atomic mass is 35.5. The molecule has 0 aliphatic carbocycles. The smallest absolute Gasteiger partial charge is 0.320 e. The van der Waals surface area contributed by atoms with Crippen LogP contribution in [0.3, 0.4) is 0 Å². The van der Waals surface area contributed by atoms with Crippen molar-refractivity contribution < 1.29 is 9.90 Å². The minimum absolute atomic E-state index is 0. The largest absolute Gasteiger partial charge is 0.480 e. The number of carboxylic acid groups (broad SMARTS) is 1. The molecule has 0 radical (unpaired) electrons. The number of piperidine rings is 1. The number of aliphatic carboxylic acids is 1. The molecule has 1 fully saturated rings. The Morgan fingerprint density at radius 3 is 2.59 bits per heavy atom. The van der Waals surface area contributed by atoms with Crippen LogP contribution < -0.4 is 0 Å². The predicted molar refractivity (Wildman–Crippen MR) is 69.7 cm³/mol. The van der Waals surface area contributed by atoms with Crippen LogP contribution in [-0.2, 0) is 4.79 Å². The van der Waals surface area contributed by atoms with Gasteiger partial charge in [-0.1, -0.05) is 30.3 Å². The van der Waals surface area contributed by atoms with E-state index >= 15 is 0 Å². The molecular formula is C13H18ClNO2. The van der Waals surface area contributed by atoms with Crippen LogP contribution in [0.1, 0.15) is 24.3 Å².